The average Bonchev–Trinajstić information content (AvgIpc) is 3.40. The average molecular weight is 393 g/mol. The van der Waals surface area contributed by atoms with E-state index in [1.165, 1.54) is 6.07 Å². The predicted octanol–water partition coefficient (Wildman–Crippen LogP) is 1.70. The van der Waals surface area contributed by atoms with Crippen molar-refractivity contribution in [3.8, 4) is 11.8 Å². The molecule has 0 atom stereocenters. The number of nitriles is 1. The molecule has 0 saturated carbocycles. The van der Waals surface area contributed by atoms with E-state index in [0.29, 0.717) is 35.9 Å². The summed E-state index contributed by atoms with van der Waals surface area (Å²) in [5.74, 6) is 0.993. The van der Waals surface area contributed by atoms with Crippen LogP contribution in [0.2, 0.25) is 0 Å². The Morgan fingerprint density at radius 2 is 2.17 bits per heavy atom. The minimum Gasteiger partial charge on any atom is -0.493 e. The Kier molecular flexibility index (Phi) is 4.41. The van der Waals surface area contributed by atoms with Crippen molar-refractivity contribution in [1.82, 2.24) is 19.7 Å². The molecule has 0 radical (unpaired) electrons. The van der Waals surface area contributed by atoms with E-state index in [0.717, 1.165) is 43.2 Å². The molecule has 148 valence electrons. The lowest BCUT2D eigenvalue weighted by molar-refractivity contribution is 0.356. The summed E-state index contributed by atoms with van der Waals surface area (Å²) in [6.07, 6.45) is 4.12. The highest BCUT2D eigenvalue weighted by atomic mass is 19.1. The Morgan fingerprint density at radius 3 is 3.00 bits per heavy atom. The number of anilines is 2. The van der Waals surface area contributed by atoms with Crippen LogP contribution in [-0.4, -0.2) is 47.2 Å². The zero-order valence-corrected chi connectivity index (χ0v) is 15.8. The third kappa shape index (κ3) is 3.11. The van der Waals surface area contributed by atoms with Crippen molar-refractivity contribution in [2.45, 2.75) is 13.0 Å². The first-order valence-electron chi connectivity index (χ1n) is 9.65. The number of hydrogen-bond donors (Lipinski definition) is 2. The first-order chi connectivity index (χ1) is 14.2. The van der Waals surface area contributed by atoms with Gasteiger partial charge in [-0.2, -0.15) is 5.26 Å². The van der Waals surface area contributed by atoms with Crippen LogP contribution in [0.1, 0.15) is 16.8 Å². The number of rotatable bonds is 4. The molecule has 1 fully saturated rings. The number of benzene rings is 1. The molecule has 0 spiro atoms. The fraction of sp³-hybridized carbons (Fsp3) is 0.350. The number of halogens is 1. The number of fused-ring (bicyclic) bond motifs is 2. The summed E-state index contributed by atoms with van der Waals surface area (Å²) in [5.41, 5.74) is 3.36. The van der Waals surface area contributed by atoms with Crippen LogP contribution in [0.5, 0.6) is 5.75 Å². The molecule has 1 aromatic carbocycles. The van der Waals surface area contributed by atoms with Gasteiger partial charge in [0.05, 0.1) is 24.7 Å². The first kappa shape index (κ1) is 17.7. The van der Waals surface area contributed by atoms with Gasteiger partial charge in [0, 0.05) is 50.3 Å². The second kappa shape index (κ2) is 7.22. The number of nitrogens with one attached hydrogen (secondary N) is 2. The van der Waals surface area contributed by atoms with E-state index in [9.17, 15) is 9.65 Å². The second-order valence-electron chi connectivity index (χ2n) is 7.09. The third-order valence-corrected chi connectivity index (χ3v) is 5.41. The van der Waals surface area contributed by atoms with Crippen molar-refractivity contribution in [1.29, 1.82) is 5.26 Å². The quantitative estimate of drug-likeness (QED) is 0.697. The Bertz CT molecular complexity index is 1110. The Labute approximate surface area is 166 Å². The van der Waals surface area contributed by atoms with Crippen molar-refractivity contribution < 1.29 is 9.13 Å². The van der Waals surface area contributed by atoms with Crippen molar-refractivity contribution in [2.75, 3.05) is 43.0 Å². The lowest BCUT2D eigenvalue weighted by atomic mass is 10.0. The number of piperazine rings is 1. The lowest BCUT2D eigenvalue weighted by Gasteiger charge is -2.29. The van der Waals surface area contributed by atoms with Crippen molar-refractivity contribution in [3.63, 3.8) is 0 Å². The van der Waals surface area contributed by atoms with Crippen LogP contribution in [0.3, 0.4) is 0 Å². The normalized spacial score (nSPS) is 15.8. The summed E-state index contributed by atoms with van der Waals surface area (Å²) in [5, 5.41) is 15.9. The van der Waals surface area contributed by atoms with Gasteiger partial charge in [-0.15, -0.1) is 0 Å². The van der Waals surface area contributed by atoms with Crippen LogP contribution in [0.25, 0.3) is 5.65 Å². The summed E-state index contributed by atoms with van der Waals surface area (Å²) in [6.45, 7) is 4.31. The molecule has 4 heterocycles. The minimum atomic E-state index is -0.265. The smallest absolute Gasteiger partial charge is 0.209 e. The van der Waals surface area contributed by atoms with Crippen LogP contribution in [0.4, 0.5) is 16.0 Å². The maximum atomic E-state index is 14.4. The van der Waals surface area contributed by atoms with Crippen LogP contribution in [-0.2, 0) is 13.0 Å². The van der Waals surface area contributed by atoms with Gasteiger partial charge in [-0.05, 0) is 12.1 Å². The van der Waals surface area contributed by atoms with Gasteiger partial charge in [0.25, 0.3) is 0 Å². The molecule has 5 rings (SSSR count). The molecular weight excluding hydrogens is 373 g/mol. The molecule has 1 saturated heterocycles. The molecule has 29 heavy (non-hydrogen) atoms. The summed E-state index contributed by atoms with van der Waals surface area (Å²) in [4.78, 5) is 11.2. The van der Waals surface area contributed by atoms with E-state index < -0.39 is 0 Å². The molecule has 2 aromatic heterocycles. The Hall–Kier alpha value is -3.38. The molecule has 3 aromatic rings. The molecule has 0 bridgehead atoms. The molecule has 8 nitrogen and oxygen atoms in total. The maximum Gasteiger partial charge on any atom is 0.209 e. The SMILES string of the molecule is N#Cc1cn2c(NCc3c(F)ccc4c3CCO4)ncc(N3CCNCC3)c2n1. The van der Waals surface area contributed by atoms with Gasteiger partial charge < -0.3 is 20.3 Å². The summed E-state index contributed by atoms with van der Waals surface area (Å²) >= 11 is 0. The first-order valence-corrected chi connectivity index (χ1v) is 9.65. The van der Waals surface area contributed by atoms with Gasteiger partial charge in [-0.1, -0.05) is 0 Å². The van der Waals surface area contributed by atoms with Gasteiger partial charge in [0.1, 0.15) is 17.6 Å². The fourth-order valence-electron chi connectivity index (χ4n) is 3.95. The molecule has 2 N–H and O–H groups in total. The number of ether oxygens (including phenoxy) is 1. The highest BCUT2D eigenvalue weighted by Gasteiger charge is 2.21. The summed E-state index contributed by atoms with van der Waals surface area (Å²) in [6, 6.07) is 5.20. The van der Waals surface area contributed by atoms with Crippen LogP contribution in [0.15, 0.2) is 24.5 Å². The molecule has 0 amide bonds. The van der Waals surface area contributed by atoms with Gasteiger partial charge in [0.2, 0.25) is 5.95 Å². The van der Waals surface area contributed by atoms with E-state index in [4.69, 9.17) is 4.74 Å². The number of imidazole rings is 1. The van der Waals surface area contributed by atoms with Gasteiger partial charge in [-0.3, -0.25) is 4.40 Å². The molecule has 2 aliphatic rings. The summed E-state index contributed by atoms with van der Waals surface area (Å²) in [7, 11) is 0. The van der Waals surface area contributed by atoms with Gasteiger partial charge >= 0.3 is 0 Å². The van der Waals surface area contributed by atoms with Crippen molar-refractivity contribution >= 4 is 17.3 Å². The minimum absolute atomic E-state index is 0.265. The Morgan fingerprint density at radius 1 is 1.31 bits per heavy atom. The standard InChI is InChI=1S/C20H20FN7O/c21-16-1-2-18-14(3-8-29-18)15(16)10-24-20-25-11-17(27-6-4-23-5-7-27)19-26-13(9-22)12-28(19)20/h1-2,11-12,23H,3-8,10H2,(H,24,25). The number of nitrogens with zero attached hydrogens (tertiary/aromatic N) is 5. The second-order valence-corrected chi connectivity index (χ2v) is 7.09. The molecule has 0 unspecified atom stereocenters. The molecule has 9 heteroatoms. The van der Waals surface area contributed by atoms with E-state index in [2.05, 4.69) is 31.6 Å². The molecule has 2 aliphatic heterocycles. The van der Waals surface area contributed by atoms with Crippen molar-refractivity contribution in [2.24, 2.45) is 0 Å². The zero-order chi connectivity index (χ0) is 19.8. The highest BCUT2D eigenvalue weighted by Crippen LogP contribution is 2.31. The maximum absolute atomic E-state index is 14.4. The summed E-state index contributed by atoms with van der Waals surface area (Å²) < 4.78 is 21.8. The van der Waals surface area contributed by atoms with E-state index >= 15 is 0 Å². The van der Waals surface area contributed by atoms with E-state index in [-0.39, 0.29) is 12.4 Å². The van der Waals surface area contributed by atoms with Crippen molar-refractivity contribution in [3.05, 3.63) is 47.2 Å². The molecular formula is C20H20FN7O. The van der Waals surface area contributed by atoms with Crippen LogP contribution < -0.4 is 20.3 Å². The lowest BCUT2D eigenvalue weighted by Crippen LogP contribution is -2.43. The van der Waals surface area contributed by atoms with Crippen LogP contribution in [0, 0.1) is 17.1 Å². The predicted molar refractivity (Wildman–Crippen MR) is 106 cm³/mol. The third-order valence-electron chi connectivity index (χ3n) is 5.41. The molecule has 0 aliphatic carbocycles. The zero-order valence-electron chi connectivity index (χ0n) is 15.8. The number of aromatic nitrogens is 3. The largest absolute Gasteiger partial charge is 0.493 e. The van der Waals surface area contributed by atoms with Gasteiger partial charge in [-0.25, -0.2) is 14.4 Å². The topological polar surface area (TPSA) is 90.5 Å². The van der Waals surface area contributed by atoms with Gasteiger partial charge in [0.15, 0.2) is 11.3 Å². The number of hydrogen-bond acceptors (Lipinski definition) is 7. The highest BCUT2D eigenvalue weighted by molar-refractivity contribution is 5.71. The Balaban J connectivity index is 1.49. The van der Waals surface area contributed by atoms with E-state index in [1.807, 2.05) is 0 Å². The van der Waals surface area contributed by atoms with Crippen LogP contribution >= 0.6 is 0 Å². The fourth-order valence-corrected chi connectivity index (χ4v) is 3.95. The monoisotopic (exact) mass is 393 g/mol. The van der Waals surface area contributed by atoms with E-state index in [1.54, 1.807) is 22.9 Å².